The molecule has 0 N–H and O–H groups in total. The first-order chi connectivity index (χ1) is 7.65. The van der Waals surface area contributed by atoms with Crippen LogP contribution in [0.3, 0.4) is 0 Å². The Labute approximate surface area is 98.6 Å². The van der Waals surface area contributed by atoms with Gasteiger partial charge in [-0.25, -0.2) is 0 Å². The fourth-order valence-electron chi connectivity index (χ4n) is 1.33. The predicted molar refractivity (Wildman–Crippen MR) is 59.0 cm³/mol. The molecule has 88 valence electrons. The minimum atomic E-state index is 0.00785. The van der Waals surface area contributed by atoms with Crippen LogP contribution in [0.1, 0.15) is 6.42 Å². The SMILES string of the molecule is CN(C)c1nc(Cl)nc(OC2CCOC2)n1. The van der Waals surface area contributed by atoms with E-state index in [1.807, 2.05) is 14.1 Å². The van der Waals surface area contributed by atoms with E-state index in [9.17, 15) is 0 Å². The Bertz CT molecular complexity index is 369. The number of hydrogen-bond acceptors (Lipinski definition) is 6. The second-order valence-corrected chi connectivity index (χ2v) is 4.02. The van der Waals surface area contributed by atoms with E-state index in [1.54, 1.807) is 4.90 Å². The molecule has 1 saturated heterocycles. The average Bonchev–Trinajstić information content (AvgIpc) is 2.69. The van der Waals surface area contributed by atoms with Crippen molar-refractivity contribution in [1.82, 2.24) is 15.0 Å². The van der Waals surface area contributed by atoms with Crippen molar-refractivity contribution in [2.24, 2.45) is 0 Å². The zero-order chi connectivity index (χ0) is 11.5. The lowest BCUT2D eigenvalue weighted by atomic mass is 10.3. The van der Waals surface area contributed by atoms with E-state index in [0.717, 1.165) is 6.42 Å². The summed E-state index contributed by atoms with van der Waals surface area (Å²) in [6.07, 6.45) is 0.856. The highest BCUT2D eigenvalue weighted by atomic mass is 35.5. The summed E-state index contributed by atoms with van der Waals surface area (Å²) in [5.41, 5.74) is 0. The van der Waals surface area contributed by atoms with Crippen LogP contribution < -0.4 is 9.64 Å². The molecule has 0 bridgehead atoms. The fraction of sp³-hybridized carbons (Fsp3) is 0.667. The smallest absolute Gasteiger partial charge is 0.322 e. The molecule has 1 atom stereocenters. The number of rotatable bonds is 3. The fourth-order valence-corrected chi connectivity index (χ4v) is 1.48. The summed E-state index contributed by atoms with van der Waals surface area (Å²) >= 11 is 5.78. The van der Waals surface area contributed by atoms with Gasteiger partial charge in [-0.3, -0.25) is 0 Å². The average molecular weight is 245 g/mol. The molecule has 0 saturated carbocycles. The van der Waals surface area contributed by atoms with Gasteiger partial charge in [0, 0.05) is 20.5 Å². The van der Waals surface area contributed by atoms with Crippen LogP contribution in [-0.2, 0) is 4.74 Å². The van der Waals surface area contributed by atoms with E-state index in [2.05, 4.69) is 15.0 Å². The van der Waals surface area contributed by atoms with Crippen LogP contribution in [0.5, 0.6) is 6.01 Å². The van der Waals surface area contributed by atoms with Crippen LogP contribution in [0.25, 0.3) is 0 Å². The number of hydrogen-bond donors (Lipinski definition) is 0. The van der Waals surface area contributed by atoms with Gasteiger partial charge in [-0.15, -0.1) is 0 Å². The summed E-state index contributed by atoms with van der Waals surface area (Å²) in [6.45, 7) is 1.28. The van der Waals surface area contributed by atoms with Gasteiger partial charge in [0.05, 0.1) is 13.2 Å². The molecule has 0 amide bonds. The molecule has 7 heteroatoms. The molecule has 0 aromatic carbocycles. The lowest BCUT2D eigenvalue weighted by Crippen LogP contribution is -2.19. The van der Waals surface area contributed by atoms with Crippen LogP contribution in [0.15, 0.2) is 0 Å². The van der Waals surface area contributed by atoms with Gasteiger partial charge in [0.1, 0.15) is 6.10 Å². The molecule has 0 spiro atoms. The minimum absolute atomic E-state index is 0.00785. The van der Waals surface area contributed by atoms with Crippen molar-refractivity contribution in [3.05, 3.63) is 5.28 Å². The molecule has 1 aliphatic rings. The summed E-state index contributed by atoms with van der Waals surface area (Å²) in [4.78, 5) is 13.8. The zero-order valence-corrected chi connectivity index (χ0v) is 9.94. The van der Waals surface area contributed by atoms with Crippen LogP contribution in [-0.4, -0.2) is 48.4 Å². The van der Waals surface area contributed by atoms with Crippen molar-refractivity contribution >= 4 is 17.5 Å². The van der Waals surface area contributed by atoms with Crippen molar-refractivity contribution in [3.8, 4) is 6.01 Å². The van der Waals surface area contributed by atoms with Gasteiger partial charge in [0.15, 0.2) is 0 Å². The molecule has 16 heavy (non-hydrogen) atoms. The normalized spacial score (nSPS) is 19.8. The highest BCUT2D eigenvalue weighted by Crippen LogP contribution is 2.16. The van der Waals surface area contributed by atoms with Gasteiger partial charge in [-0.2, -0.15) is 15.0 Å². The van der Waals surface area contributed by atoms with Crippen molar-refractivity contribution in [1.29, 1.82) is 0 Å². The summed E-state index contributed by atoms with van der Waals surface area (Å²) < 4.78 is 10.7. The standard InChI is InChI=1S/C9H13ClN4O2/c1-14(2)8-11-7(10)12-9(13-8)16-6-3-4-15-5-6/h6H,3-5H2,1-2H3. The summed E-state index contributed by atoms with van der Waals surface area (Å²) in [5.74, 6) is 0.480. The van der Waals surface area contributed by atoms with E-state index in [-0.39, 0.29) is 17.4 Å². The first kappa shape index (κ1) is 11.3. The Hall–Kier alpha value is -1.14. The third-order valence-corrected chi connectivity index (χ3v) is 2.30. The molecule has 1 aromatic rings. The van der Waals surface area contributed by atoms with E-state index >= 15 is 0 Å². The molecule has 2 rings (SSSR count). The van der Waals surface area contributed by atoms with Gasteiger partial charge in [-0.05, 0) is 11.6 Å². The molecule has 0 radical (unpaired) electrons. The maximum Gasteiger partial charge on any atom is 0.322 e. The second-order valence-electron chi connectivity index (χ2n) is 3.68. The quantitative estimate of drug-likeness (QED) is 0.782. The molecule has 1 aromatic heterocycles. The van der Waals surface area contributed by atoms with E-state index < -0.39 is 0 Å². The van der Waals surface area contributed by atoms with Gasteiger partial charge in [-0.1, -0.05) is 0 Å². The first-order valence-electron chi connectivity index (χ1n) is 4.98. The molecule has 0 aliphatic carbocycles. The number of anilines is 1. The molecular weight excluding hydrogens is 232 g/mol. The van der Waals surface area contributed by atoms with E-state index in [0.29, 0.717) is 19.2 Å². The highest BCUT2D eigenvalue weighted by molar-refractivity contribution is 6.28. The Balaban J connectivity index is 2.13. The molecule has 2 heterocycles. The van der Waals surface area contributed by atoms with E-state index in [4.69, 9.17) is 21.1 Å². The Morgan fingerprint density at radius 1 is 1.38 bits per heavy atom. The summed E-state index contributed by atoms with van der Waals surface area (Å²) in [5, 5.41) is 0.132. The largest absolute Gasteiger partial charge is 0.457 e. The Kier molecular flexibility index (Phi) is 3.40. The van der Waals surface area contributed by atoms with Crippen molar-refractivity contribution in [3.63, 3.8) is 0 Å². The number of ether oxygens (including phenoxy) is 2. The lowest BCUT2D eigenvalue weighted by molar-refractivity contribution is 0.134. The van der Waals surface area contributed by atoms with Crippen LogP contribution in [0.2, 0.25) is 5.28 Å². The van der Waals surface area contributed by atoms with Gasteiger partial charge >= 0.3 is 6.01 Å². The zero-order valence-electron chi connectivity index (χ0n) is 9.18. The van der Waals surface area contributed by atoms with E-state index in [1.165, 1.54) is 0 Å². The first-order valence-corrected chi connectivity index (χ1v) is 5.36. The second kappa shape index (κ2) is 4.80. The highest BCUT2D eigenvalue weighted by Gasteiger charge is 2.19. The topological polar surface area (TPSA) is 60.4 Å². The monoisotopic (exact) mass is 244 g/mol. The molecule has 1 aliphatic heterocycles. The maximum atomic E-state index is 5.78. The lowest BCUT2D eigenvalue weighted by Gasteiger charge is -2.13. The van der Waals surface area contributed by atoms with Crippen molar-refractivity contribution < 1.29 is 9.47 Å². The molecular formula is C9H13ClN4O2. The third kappa shape index (κ3) is 2.70. The van der Waals surface area contributed by atoms with Crippen LogP contribution in [0.4, 0.5) is 5.95 Å². The third-order valence-electron chi connectivity index (χ3n) is 2.14. The Morgan fingerprint density at radius 2 is 2.19 bits per heavy atom. The van der Waals surface area contributed by atoms with Crippen molar-refractivity contribution in [2.45, 2.75) is 12.5 Å². The van der Waals surface area contributed by atoms with Gasteiger partial charge < -0.3 is 14.4 Å². The summed E-state index contributed by atoms with van der Waals surface area (Å²) in [6, 6.07) is 0.249. The molecule has 1 fully saturated rings. The number of halogens is 1. The minimum Gasteiger partial charge on any atom is -0.457 e. The molecule has 1 unspecified atom stereocenters. The van der Waals surface area contributed by atoms with Crippen LogP contribution >= 0.6 is 11.6 Å². The predicted octanol–water partition coefficient (Wildman–Crippen LogP) is 0.759. The van der Waals surface area contributed by atoms with Crippen molar-refractivity contribution in [2.75, 3.05) is 32.2 Å². The van der Waals surface area contributed by atoms with Gasteiger partial charge in [0.2, 0.25) is 11.2 Å². The maximum absolute atomic E-state index is 5.78. The van der Waals surface area contributed by atoms with Gasteiger partial charge in [0.25, 0.3) is 0 Å². The molecule has 6 nitrogen and oxygen atoms in total. The number of aromatic nitrogens is 3. The Morgan fingerprint density at radius 3 is 2.81 bits per heavy atom. The van der Waals surface area contributed by atoms with Crippen LogP contribution in [0, 0.1) is 0 Å². The number of nitrogens with zero attached hydrogens (tertiary/aromatic N) is 4. The summed E-state index contributed by atoms with van der Waals surface area (Å²) in [7, 11) is 3.66.